The fourth-order valence-corrected chi connectivity index (χ4v) is 4.93. The Morgan fingerprint density at radius 3 is 2.07 bits per heavy atom. The predicted octanol–water partition coefficient (Wildman–Crippen LogP) is 4.12. The molecule has 42 heavy (non-hydrogen) atoms. The van der Waals surface area contributed by atoms with E-state index in [4.69, 9.17) is 33.5 Å². The number of hydrogen-bond donors (Lipinski definition) is 3. The Morgan fingerprint density at radius 1 is 0.786 bits per heavy atom. The molecule has 1 aliphatic heterocycles. The number of ether oxygens (including phenoxy) is 6. The first-order valence-corrected chi connectivity index (χ1v) is 16.3. The van der Waals surface area contributed by atoms with Crippen molar-refractivity contribution in [1.29, 1.82) is 0 Å². The number of carbonyl (C=O) groups excluding carboxylic acids is 1. The Balaban J connectivity index is 2.13. The van der Waals surface area contributed by atoms with Crippen molar-refractivity contribution in [3.05, 3.63) is 12.2 Å². The molecule has 1 unspecified atom stereocenters. The van der Waals surface area contributed by atoms with Gasteiger partial charge in [0, 0.05) is 6.42 Å². The normalized spacial score (nSPS) is 19.6. The van der Waals surface area contributed by atoms with E-state index in [1.807, 2.05) is 0 Å². The highest BCUT2D eigenvalue weighted by Crippen LogP contribution is 2.25. The van der Waals surface area contributed by atoms with Crippen molar-refractivity contribution >= 4 is 5.97 Å². The topological polar surface area (TPSA) is 133 Å². The fourth-order valence-electron chi connectivity index (χ4n) is 4.93. The number of hydrogen-bond acceptors (Lipinski definition) is 10. The quantitative estimate of drug-likeness (QED) is 0.0625. The molecule has 0 amide bonds. The second-order valence-electron chi connectivity index (χ2n) is 10.8. The van der Waals surface area contributed by atoms with Gasteiger partial charge in [-0.2, -0.15) is 0 Å². The lowest BCUT2D eigenvalue weighted by atomic mass is 10.1. The second kappa shape index (κ2) is 28.6. The molecule has 0 aromatic rings. The van der Waals surface area contributed by atoms with E-state index >= 15 is 0 Å². The van der Waals surface area contributed by atoms with Crippen molar-refractivity contribution in [2.24, 2.45) is 0 Å². The molecule has 248 valence electrons. The number of aliphatic hydroxyl groups is 3. The molecule has 0 aliphatic carbocycles. The van der Waals surface area contributed by atoms with Crippen molar-refractivity contribution in [2.45, 2.75) is 121 Å². The minimum Gasteiger partial charge on any atom is -0.463 e. The maximum atomic E-state index is 12.1. The molecule has 1 rings (SSSR count). The molecule has 10 nitrogen and oxygen atoms in total. The van der Waals surface area contributed by atoms with Crippen LogP contribution in [0.2, 0.25) is 0 Å². The maximum absolute atomic E-state index is 12.1. The van der Waals surface area contributed by atoms with Gasteiger partial charge >= 0.3 is 5.97 Å². The van der Waals surface area contributed by atoms with E-state index in [-0.39, 0.29) is 72.0 Å². The zero-order valence-electron chi connectivity index (χ0n) is 26.1. The average Bonchev–Trinajstić information content (AvgIpc) is 3.40. The molecule has 1 fully saturated rings. The number of esters is 1. The molecule has 0 aromatic heterocycles. The van der Waals surface area contributed by atoms with Crippen LogP contribution in [0, 0.1) is 0 Å². The molecule has 0 spiro atoms. The molecule has 1 heterocycles. The summed E-state index contributed by atoms with van der Waals surface area (Å²) in [6.45, 7) is 2.87. The Kier molecular flexibility index (Phi) is 26.5. The van der Waals surface area contributed by atoms with E-state index in [2.05, 4.69) is 19.1 Å². The minimum atomic E-state index is -0.560. The lowest BCUT2D eigenvalue weighted by molar-refractivity contribution is -0.149. The number of rotatable bonds is 30. The van der Waals surface area contributed by atoms with Crippen LogP contribution < -0.4 is 0 Å². The number of unbranched alkanes of at least 4 members (excludes halogenated alkanes) is 11. The van der Waals surface area contributed by atoms with Gasteiger partial charge in [0.25, 0.3) is 0 Å². The summed E-state index contributed by atoms with van der Waals surface area (Å²) < 4.78 is 34.0. The van der Waals surface area contributed by atoms with Gasteiger partial charge in [0.2, 0.25) is 0 Å². The predicted molar refractivity (Wildman–Crippen MR) is 161 cm³/mol. The first kappa shape index (κ1) is 38.9. The molecule has 1 aliphatic rings. The van der Waals surface area contributed by atoms with Crippen LogP contribution >= 0.6 is 0 Å². The largest absolute Gasteiger partial charge is 0.463 e. The fraction of sp³-hybridized carbons (Fsp3) is 0.906. The summed E-state index contributed by atoms with van der Waals surface area (Å²) in [5.41, 5.74) is 0. The Labute approximate surface area is 254 Å². The summed E-state index contributed by atoms with van der Waals surface area (Å²) in [5, 5.41) is 27.5. The van der Waals surface area contributed by atoms with Crippen molar-refractivity contribution in [3.63, 3.8) is 0 Å². The summed E-state index contributed by atoms with van der Waals surface area (Å²) in [7, 11) is 0. The standard InChI is InChI=1S/C32H60O10/c1-2-3-4-5-6-7-8-9-10-11-12-13-14-15-16-17-30(36)40-25-24-37-26-28(38-21-18-33)32-31(41-23-20-35)29(27-42-32)39-22-19-34/h9-10,28-29,31-35H,2-8,11-27H2,1H3/b10-9-/t28?,29-,31+,32-/m1/s1. The van der Waals surface area contributed by atoms with Crippen LogP contribution in [0.5, 0.6) is 0 Å². The zero-order chi connectivity index (χ0) is 30.5. The Hall–Kier alpha value is -1.11. The number of carbonyl (C=O) groups is 1. The van der Waals surface area contributed by atoms with E-state index in [9.17, 15) is 15.0 Å². The summed E-state index contributed by atoms with van der Waals surface area (Å²) in [6.07, 6.45) is 18.8. The molecule has 1 saturated heterocycles. The minimum absolute atomic E-state index is 0.0910. The van der Waals surface area contributed by atoms with Crippen molar-refractivity contribution in [1.82, 2.24) is 0 Å². The van der Waals surface area contributed by atoms with Gasteiger partial charge in [0.15, 0.2) is 0 Å². The van der Waals surface area contributed by atoms with Crippen LogP contribution in [0.3, 0.4) is 0 Å². The van der Waals surface area contributed by atoms with Crippen LogP contribution in [-0.4, -0.2) is 112 Å². The number of aliphatic hydroxyl groups excluding tert-OH is 3. The van der Waals surface area contributed by atoms with E-state index in [0.29, 0.717) is 6.42 Å². The van der Waals surface area contributed by atoms with Crippen LogP contribution in [0.15, 0.2) is 12.2 Å². The lowest BCUT2D eigenvalue weighted by Crippen LogP contribution is -2.45. The van der Waals surface area contributed by atoms with Gasteiger partial charge in [-0.3, -0.25) is 4.79 Å². The molecule has 0 aromatic carbocycles. The lowest BCUT2D eigenvalue weighted by Gasteiger charge is -2.29. The monoisotopic (exact) mass is 604 g/mol. The van der Waals surface area contributed by atoms with E-state index in [1.54, 1.807) is 0 Å². The van der Waals surface area contributed by atoms with Gasteiger partial charge in [-0.05, 0) is 32.1 Å². The Morgan fingerprint density at radius 2 is 1.40 bits per heavy atom. The molecule has 10 heteroatoms. The summed E-state index contributed by atoms with van der Waals surface area (Å²) in [5.74, 6) is -0.218. The highest BCUT2D eigenvalue weighted by molar-refractivity contribution is 5.69. The van der Waals surface area contributed by atoms with Gasteiger partial charge in [-0.15, -0.1) is 0 Å². The van der Waals surface area contributed by atoms with Gasteiger partial charge in [-0.25, -0.2) is 0 Å². The molecule has 0 radical (unpaired) electrons. The van der Waals surface area contributed by atoms with E-state index in [1.165, 1.54) is 57.8 Å². The third-order valence-electron chi connectivity index (χ3n) is 7.17. The molecule has 0 saturated carbocycles. The second-order valence-corrected chi connectivity index (χ2v) is 10.8. The SMILES string of the molecule is CCCCCCCC/C=C\CCCCCCCC(=O)OCCOCC(OCCO)[C@H]1OC[C@@H](OCCO)[C@@H]1OCCO. The van der Waals surface area contributed by atoms with Crippen LogP contribution in [-0.2, 0) is 33.2 Å². The maximum Gasteiger partial charge on any atom is 0.305 e. The third-order valence-corrected chi connectivity index (χ3v) is 7.17. The first-order valence-electron chi connectivity index (χ1n) is 16.3. The van der Waals surface area contributed by atoms with Crippen LogP contribution in [0.4, 0.5) is 0 Å². The van der Waals surface area contributed by atoms with Gasteiger partial charge in [-0.1, -0.05) is 70.4 Å². The summed E-state index contributed by atoms with van der Waals surface area (Å²) >= 11 is 0. The summed E-state index contributed by atoms with van der Waals surface area (Å²) in [4.78, 5) is 12.1. The average molecular weight is 605 g/mol. The van der Waals surface area contributed by atoms with Gasteiger partial charge in [0.1, 0.15) is 31.0 Å². The Bertz CT molecular complexity index is 632. The summed E-state index contributed by atoms with van der Waals surface area (Å²) in [6, 6.07) is 0. The molecular formula is C32H60O10. The highest BCUT2D eigenvalue weighted by atomic mass is 16.6. The van der Waals surface area contributed by atoms with E-state index < -0.39 is 24.4 Å². The molecule has 3 N–H and O–H groups in total. The third kappa shape index (κ3) is 20.0. The zero-order valence-corrected chi connectivity index (χ0v) is 26.1. The van der Waals surface area contributed by atoms with Crippen molar-refractivity contribution < 1.29 is 48.5 Å². The number of allylic oxidation sites excluding steroid dienone is 2. The molecular weight excluding hydrogens is 544 g/mol. The molecule has 4 atom stereocenters. The van der Waals surface area contributed by atoms with Crippen LogP contribution in [0.25, 0.3) is 0 Å². The molecule has 0 bridgehead atoms. The van der Waals surface area contributed by atoms with Gasteiger partial charge in [0.05, 0.1) is 59.5 Å². The van der Waals surface area contributed by atoms with Gasteiger partial charge < -0.3 is 43.7 Å². The van der Waals surface area contributed by atoms with Crippen LogP contribution in [0.1, 0.15) is 96.8 Å². The first-order chi connectivity index (χ1) is 20.7. The smallest absolute Gasteiger partial charge is 0.305 e. The van der Waals surface area contributed by atoms with Crippen molar-refractivity contribution in [3.8, 4) is 0 Å². The highest BCUT2D eigenvalue weighted by Gasteiger charge is 2.44. The van der Waals surface area contributed by atoms with Crippen molar-refractivity contribution in [2.75, 3.05) is 66.1 Å². The van der Waals surface area contributed by atoms with E-state index in [0.717, 1.165) is 25.7 Å².